The fourth-order valence-corrected chi connectivity index (χ4v) is 4.39. The van der Waals surface area contributed by atoms with Crippen molar-refractivity contribution in [2.75, 3.05) is 13.1 Å². The molecule has 24 heavy (non-hydrogen) atoms. The van der Waals surface area contributed by atoms with Crippen LogP contribution in [0.3, 0.4) is 0 Å². The molecule has 0 unspecified atom stereocenters. The summed E-state index contributed by atoms with van der Waals surface area (Å²) in [5.41, 5.74) is 1.14. The van der Waals surface area contributed by atoms with E-state index in [-0.39, 0.29) is 10.8 Å². The van der Waals surface area contributed by atoms with Crippen molar-refractivity contribution in [1.29, 1.82) is 0 Å². The third-order valence-corrected chi connectivity index (χ3v) is 6.10. The molecule has 0 bridgehead atoms. The van der Waals surface area contributed by atoms with Crippen LogP contribution in [-0.2, 0) is 21.2 Å². The lowest BCUT2D eigenvalue weighted by atomic mass is 10.1. The van der Waals surface area contributed by atoms with E-state index in [2.05, 4.69) is 5.32 Å². The zero-order valence-electron chi connectivity index (χ0n) is 13.3. The number of rotatable bonds is 6. The van der Waals surface area contributed by atoms with Crippen LogP contribution in [0.15, 0.2) is 65.6 Å². The van der Waals surface area contributed by atoms with Gasteiger partial charge in [-0.2, -0.15) is 4.31 Å². The van der Waals surface area contributed by atoms with Crippen LogP contribution in [-0.4, -0.2) is 37.8 Å². The van der Waals surface area contributed by atoms with Crippen molar-refractivity contribution in [1.82, 2.24) is 9.62 Å². The van der Waals surface area contributed by atoms with Crippen LogP contribution in [0.5, 0.6) is 0 Å². The summed E-state index contributed by atoms with van der Waals surface area (Å²) < 4.78 is 26.4. The van der Waals surface area contributed by atoms with E-state index < -0.39 is 16.1 Å². The standard InChI is InChI=1S/C18H20N2O3S/c21-18(19-13-11-15-7-3-1-4-8-15)17-12-14-20(17)24(22,23)16-9-5-2-6-10-16/h1-10,17H,11-14H2,(H,19,21)/t17-/m1/s1. The van der Waals surface area contributed by atoms with Gasteiger partial charge in [0, 0.05) is 13.1 Å². The van der Waals surface area contributed by atoms with Crippen molar-refractivity contribution in [2.24, 2.45) is 0 Å². The van der Waals surface area contributed by atoms with Crippen molar-refractivity contribution in [2.45, 2.75) is 23.8 Å². The molecule has 1 N–H and O–H groups in total. The summed E-state index contributed by atoms with van der Waals surface area (Å²) in [6, 6.07) is 17.5. The topological polar surface area (TPSA) is 66.5 Å². The van der Waals surface area contributed by atoms with Crippen LogP contribution in [0.25, 0.3) is 0 Å². The minimum Gasteiger partial charge on any atom is -0.354 e. The first-order valence-corrected chi connectivity index (χ1v) is 9.41. The summed E-state index contributed by atoms with van der Waals surface area (Å²) in [6.45, 7) is 0.882. The third-order valence-electron chi connectivity index (χ3n) is 4.18. The highest BCUT2D eigenvalue weighted by Crippen LogP contribution is 2.26. The molecule has 0 aliphatic carbocycles. The molecule has 1 aliphatic heterocycles. The predicted octanol–water partition coefficient (Wildman–Crippen LogP) is 1.81. The van der Waals surface area contributed by atoms with E-state index in [1.165, 1.54) is 4.31 Å². The molecule has 1 saturated heterocycles. The van der Waals surface area contributed by atoms with Crippen molar-refractivity contribution < 1.29 is 13.2 Å². The number of nitrogens with zero attached hydrogens (tertiary/aromatic N) is 1. The number of hydrogen-bond donors (Lipinski definition) is 1. The molecular formula is C18H20N2O3S. The Morgan fingerprint density at radius 1 is 1.04 bits per heavy atom. The van der Waals surface area contributed by atoms with Gasteiger partial charge in [-0.3, -0.25) is 4.79 Å². The molecule has 1 aliphatic rings. The van der Waals surface area contributed by atoms with Crippen LogP contribution in [0, 0.1) is 0 Å². The van der Waals surface area contributed by atoms with E-state index in [1.54, 1.807) is 30.3 Å². The minimum absolute atomic E-state index is 0.225. The Kier molecular flexibility index (Phi) is 4.97. The van der Waals surface area contributed by atoms with Crippen LogP contribution in [0.1, 0.15) is 12.0 Å². The van der Waals surface area contributed by atoms with Gasteiger partial charge in [0.05, 0.1) is 4.90 Å². The first-order valence-electron chi connectivity index (χ1n) is 7.97. The molecule has 6 heteroatoms. The van der Waals surface area contributed by atoms with Crippen molar-refractivity contribution in [3.8, 4) is 0 Å². The van der Waals surface area contributed by atoms with Crippen LogP contribution in [0.4, 0.5) is 0 Å². The fraction of sp³-hybridized carbons (Fsp3) is 0.278. The Bertz CT molecular complexity index is 792. The zero-order chi connectivity index (χ0) is 17.0. The van der Waals surface area contributed by atoms with Gasteiger partial charge in [-0.25, -0.2) is 8.42 Å². The molecule has 5 nitrogen and oxygen atoms in total. The van der Waals surface area contributed by atoms with Gasteiger partial charge >= 0.3 is 0 Å². The van der Waals surface area contributed by atoms with E-state index in [0.717, 1.165) is 12.0 Å². The highest BCUT2D eigenvalue weighted by atomic mass is 32.2. The molecule has 1 amide bonds. The molecule has 2 aromatic rings. The Hall–Kier alpha value is -2.18. The molecule has 0 spiro atoms. The molecule has 0 saturated carbocycles. The number of amides is 1. The highest BCUT2D eigenvalue weighted by Gasteiger charge is 2.42. The second-order valence-corrected chi connectivity index (χ2v) is 7.65. The van der Waals surface area contributed by atoms with E-state index >= 15 is 0 Å². The quantitative estimate of drug-likeness (QED) is 0.869. The fourth-order valence-electron chi connectivity index (χ4n) is 2.73. The number of sulfonamides is 1. The molecule has 2 aromatic carbocycles. The maximum atomic E-state index is 12.6. The average molecular weight is 344 g/mol. The molecule has 1 fully saturated rings. The van der Waals surface area contributed by atoms with Crippen molar-refractivity contribution >= 4 is 15.9 Å². The monoisotopic (exact) mass is 344 g/mol. The lowest BCUT2D eigenvalue weighted by Crippen LogP contribution is -2.58. The minimum atomic E-state index is -3.60. The van der Waals surface area contributed by atoms with Crippen molar-refractivity contribution in [3.63, 3.8) is 0 Å². The van der Waals surface area contributed by atoms with E-state index in [9.17, 15) is 13.2 Å². The van der Waals surface area contributed by atoms with Gasteiger partial charge in [-0.05, 0) is 30.5 Å². The van der Waals surface area contributed by atoms with Gasteiger partial charge in [0.15, 0.2) is 0 Å². The second kappa shape index (κ2) is 7.15. The summed E-state index contributed by atoms with van der Waals surface area (Å²) in [5, 5.41) is 2.84. The zero-order valence-corrected chi connectivity index (χ0v) is 14.1. The van der Waals surface area contributed by atoms with E-state index in [4.69, 9.17) is 0 Å². The van der Waals surface area contributed by atoms with Crippen molar-refractivity contribution in [3.05, 3.63) is 66.2 Å². The molecule has 0 radical (unpaired) electrons. The van der Waals surface area contributed by atoms with Crippen LogP contribution < -0.4 is 5.32 Å². The predicted molar refractivity (Wildman–Crippen MR) is 91.9 cm³/mol. The lowest BCUT2D eigenvalue weighted by Gasteiger charge is -2.38. The van der Waals surface area contributed by atoms with Gasteiger partial charge < -0.3 is 5.32 Å². The first kappa shape index (κ1) is 16.7. The summed E-state index contributed by atoms with van der Waals surface area (Å²) in [5.74, 6) is -0.225. The Balaban J connectivity index is 1.58. The van der Waals surface area contributed by atoms with E-state index in [1.807, 2.05) is 30.3 Å². The Labute approximate surface area is 142 Å². The summed E-state index contributed by atoms with van der Waals surface area (Å²) in [4.78, 5) is 12.5. The summed E-state index contributed by atoms with van der Waals surface area (Å²) >= 11 is 0. The third kappa shape index (κ3) is 3.49. The number of carbonyl (C=O) groups is 1. The summed E-state index contributed by atoms with van der Waals surface area (Å²) in [7, 11) is -3.60. The SMILES string of the molecule is O=C(NCCc1ccccc1)[C@H]1CCN1S(=O)(=O)c1ccccc1. The number of benzene rings is 2. The van der Waals surface area contributed by atoms with Gasteiger partial charge in [-0.15, -0.1) is 0 Å². The van der Waals surface area contributed by atoms with Gasteiger partial charge in [0.2, 0.25) is 15.9 Å². The lowest BCUT2D eigenvalue weighted by molar-refractivity contribution is -0.127. The molecule has 1 atom stereocenters. The summed E-state index contributed by atoms with van der Waals surface area (Å²) in [6.07, 6.45) is 1.29. The normalized spacial score (nSPS) is 17.9. The Morgan fingerprint density at radius 2 is 1.67 bits per heavy atom. The largest absolute Gasteiger partial charge is 0.354 e. The maximum Gasteiger partial charge on any atom is 0.243 e. The molecular weight excluding hydrogens is 324 g/mol. The van der Waals surface area contributed by atoms with Gasteiger partial charge in [-0.1, -0.05) is 48.5 Å². The number of nitrogens with one attached hydrogen (secondary N) is 1. The Morgan fingerprint density at radius 3 is 2.25 bits per heavy atom. The number of carbonyl (C=O) groups excluding carboxylic acids is 1. The second-order valence-electron chi connectivity index (χ2n) is 5.76. The highest BCUT2D eigenvalue weighted by molar-refractivity contribution is 7.89. The van der Waals surface area contributed by atoms with E-state index in [0.29, 0.717) is 19.5 Å². The first-order chi connectivity index (χ1) is 11.6. The van der Waals surface area contributed by atoms with Crippen LogP contribution >= 0.6 is 0 Å². The van der Waals surface area contributed by atoms with Crippen LogP contribution in [0.2, 0.25) is 0 Å². The number of hydrogen-bond acceptors (Lipinski definition) is 3. The molecule has 0 aromatic heterocycles. The average Bonchev–Trinajstić information content (AvgIpc) is 2.55. The van der Waals surface area contributed by atoms with Gasteiger partial charge in [0.25, 0.3) is 0 Å². The smallest absolute Gasteiger partial charge is 0.243 e. The molecule has 1 heterocycles. The molecule has 126 valence electrons. The van der Waals surface area contributed by atoms with Gasteiger partial charge in [0.1, 0.15) is 6.04 Å². The maximum absolute atomic E-state index is 12.6. The molecule has 3 rings (SSSR count).